The van der Waals surface area contributed by atoms with E-state index in [1.807, 2.05) is 12.1 Å². The van der Waals surface area contributed by atoms with Gasteiger partial charge in [-0.15, -0.1) is 0 Å². The van der Waals surface area contributed by atoms with E-state index in [0.717, 1.165) is 11.3 Å². The Labute approximate surface area is 144 Å². The number of esters is 1. The highest BCUT2D eigenvalue weighted by Gasteiger charge is 2.18. The van der Waals surface area contributed by atoms with Gasteiger partial charge in [0.2, 0.25) is 0 Å². The highest BCUT2D eigenvalue weighted by atomic mass is 35.5. The minimum atomic E-state index is -0.925. The maximum absolute atomic E-state index is 12.0. The fraction of sp³-hybridized carbons (Fsp3) is 0.235. The van der Waals surface area contributed by atoms with Crippen molar-refractivity contribution in [1.82, 2.24) is 10.3 Å². The van der Waals surface area contributed by atoms with Crippen LogP contribution in [0.2, 0.25) is 5.15 Å². The number of ether oxygens (including phenoxy) is 2. The average Bonchev–Trinajstić information content (AvgIpc) is 2.60. The molecule has 0 bridgehead atoms. The molecular formula is C17H17ClN2O4. The van der Waals surface area contributed by atoms with Gasteiger partial charge in [-0.25, -0.2) is 9.78 Å². The first-order chi connectivity index (χ1) is 11.5. The van der Waals surface area contributed by atoms with E-state index in [0.29, 0.717) is 6.54 Å². The summed E-state index contributed by atoms with van der Waals surface area (Å²) in [7, 11) is 1.59. The monoisotopic (exact) mass is 348 g/mol. The van der Waals surface area contributed by atoms with Crippen LogP contribution in [0.5, 0.6) is 5.75 Å². The summed E-state index contributed by atoms with van der Waals surface area (Å²) in [6.45, 7) is 1.83. The molecule has 0 aliphatic rings. The Bertz CT molecular complexity index is 702. The molecule has 1 atom stereocenters. The van der Waals surface area contributed by atoms with Gasteiger partial charge in [0.1, 0.15) is 10.9 Å². The molecule has 1 aromatic heterocycles. The summed E-state index contributed by atoms with van der Waals surface area (Å²) >= 11 is 5.66. The molecule has 0 fully saturated rings. The number of rotatable bonds is 6. The van der Waals surface area contributed by atoms with E-state index < -0.39 is 12.1 Å². The fourth-order valence-corrected chi connectivity index (χ4v) is 1.97. The van der Waals surface area contributed by atoms with Crippen molar-refractivity contribution in [2.24, 2.45) is 0 Å². The first kappa shape index (κ1) is 17.7. The van der Waals surface area contributed by atoms with Crippen LogP contribution in [0.3, 0.4) is 0 Å². The van der Waals surface area contributed by atoms with Gasteiger partial charge >= 0.3 is 5.97 Å². The van der Waals surface area contributed by atoms with Crippen molar-refractivity contribution in [3.63, 3.8) is 0 Å². The number of amides is 1. The Kier molecular flexibility index (Phi) is 6.14. The molecule has 0 radical (unpaired) electrons. The lowest BCUT2D eigenvalue weighted by Gasteiger charge is -2.13. The first-order valence-corrected chi connectivity index (χ1v) is 7.60. The summed E-state index contributed by atoms with van der Waals surface area (Å²) in [5, 5.41) is 2.98. The summed E-state index contributed by atoms with van der Waals surface area (Å²) in [6.07, 6.45) is 0.374. The number of methoxy groups -OCH3 is 1. The molecule has 0 saturated carbocycles. The van der Waals surface area contributed by atoms with Gasteiger partial charge in [0.05, 0.1) is 12.7 Å². The summed E-state index contributed by atoms with van der Waals surface area (Å²) in [5.74, 6) is -0.281. The average molecular weight is 349 g/mol. The van der Waals surface area contributed by atoms with Gasteiger partial charge in [0.25, 0.3) is 5.91 Å². The van der Waals surface area contributed by atoms with Crippen molar-refractivity contribution in [2.75, 3.05) is 7.11 Å². The van der Waals surface area contributed by atoms with E-state index in [4.69, 9.17) is 21.1 Å². The third-order valence-electron chi connectivity index (χ3n) is 3.24. The highest BCUT2D eigenvalue weighted by Crippen LogP contribution is 2.11. The summed E-state index contributed by atoms with van der Waals surface area (Å²) in [4.78, 5) is 27.7. The molecule has 24 heavy (non-hydrogen) atoms. The van der Waals surface area contributed by atoms with E-state index in [1.54, 1.807) is 19.2 Å². The first-order valence-electron chi connectivity index (χ1n) is 7.23. The standard InChI is InChI=1S/C17H17ClN2O4/c1-11(24-17(22)13-5-8-15(18)19-10-13)16(21)20-9-12-3-6-14(23-2)7-4-12/h3-8,10-11H,9H2,1-2H3,(H,20,21)/t11-/m1/s1. The van der Waals surface area contributed by atoms with Gasteiger partial charge in [-0.1, -0.05) is 23.7 Å². The van der Waals surface area contributed by atoms with Crippen molar-refractivity contribution in [1.29, 1.82) is 0 Å². The fourth-order valence-electron chi connectivity index (χ4n) is 1.85. The second-order valence-electron chi connectivity index (χ2n) is 4.98. The van der Waals surface area contributed by atoms with Crippen LogP contribution in [-0.2, 0) is 16.1 Å². The normalized spacial score (nSPS) is 11.5. The SMILES string of the molecule is COc1ccc(CNC(=O)[C@@H](C)OC(=O)c2ccc(Cl)nc2)cc1. The summed E-state index contributed by atoms with van der Waals surface area (Å²) in [6, 6.07) is 10.3. The number of hydrogen-bond acceptors (Lipinski definition) is 5. The minimum absolute atomic E-state index is 0.231. The highest BCUT2D eigenvalue weighted by molar-refractivity contribution is 6.29. The number of nitrogens with zero attached hydrogens (tertiary/aromatic N) is 1. The zero-order valence-electron chi connectivity index (χ0n) is 13.3. The molecule has 0 aliphatic heterocycles. The Morgan fingerprint density at radius 2 is 1.92 bits per heavy atom. The molecule has 1 N–H and O–H groups in total. The minimum Gasteiger partial charge on any atom is -0.497 e. The van der Waals surface area contributed by atoms with E-state index >= 15 is 0 Å². The van der Waals surface area contributed by atoms with Crippen LogP contribution in [0.4, 0.5) is 0 Å². The number of pyridine rings is 1. The van der Waals surface area contributed by atoms with E-state index in [2.05, 4.69) is 10.3 Å². The number of carbonyl (C=O) groups is 2. The quantitative estimate of drug-likeness (QED) is 0.641. The molecule has 0 aliphatic carbocycles. The number of benzene rings is 1. The molecule has 6 nitrogen and oxygen atoms in total. The molecule has 1 heterocycles. The van der Waals surface area contributed by atoms with Gasteiger partial charge in [-0.3, -0.25) is 4.79 Å². The third kappa shape index (κ3) is 4.96. The Morgan fingerprint density at radius 1 is 1.21 bits per heavy atom. The molecule has 0 saturated heterocycles. The summed E-state index contributed by atoms with van der Waals surface area (Å²) < 4.78 is 10.2. The molecule has 2 aromatic rings. The zero-order chi connectivity index (χ0) is 17.5. The number of hydrogen-bond donors (Lipinski definition) is 1. The molecule has 0 unspecified atom stereocenters. The predicted octanol–water partition coefficient (Wildman–Crippen LogP) is 2.61. The zero-order valence-corrected chi connectivity index (χ0v) is 14.0. The molecule has 7 heteroatoms. The van der Waals surface area contributed by atoms with Crippen LogP contribution in [-0.4, -0.2) is 30.1 Å². The lowest BCUT2D eigenvalue weighted by molar-refractivity contribution is -0.129. The third-order valence-corrected chi connectivity index (χ3v) is 3.47. The molecule has 1 aromatic carbocycles. The van der Waals surface area contributed by atoms with Crippen molar-refractivity contribution in [3.8, 4) is 5.75 Å². The van der Waals surface area contributed by atoms with Gasteiger partial charge in [0, 0.05) is 12.7 Å². The Morgan fingerprint density at radius 3 is 2.50 bits per heavy atom. The van der Waals surface area contributed by atoms with Gasteiger partial charge in [-0.2, -0.15) is 0 Å². The number of halogens is 1. The summed E-state index contributed by atoms with van der Waals surface area (Å²) in [5.41, 5.74) is 1.14. The van der Waals surface area contributed by atoms with Gasteiger partial charge < -0.3 is 14.8 Å². The van der Waals surface area contributed by atoms with Crippen molar-refractivity contribution < 1.29 is 19.1 Å². The number of carbonyl (C=O) groups excluding carboxylic acids is 2. The molecule has 126 valence electrons. The second-order valence-corrected chi connectivity index (χ2v) is 5.37. The van der Waals surface area contributed by atoms with Crippen LogP contribution in [0, 0.1) is 0 Å². The maximum Gasteiger partial charge on any atom is 0.340 e. The van der Waals surface area contributed by atoms with E-state index in [9.17, 15) is 9.59 Å². The molecule has 2 rings (SSSR count). The van der Waals surface area contributed by atoms with Crippen LogP contribution in [0.25, 0.3) is 0 Å². The van der Waals surface area contributed by atoms with Crippen LogP contribution >= 0.6 is 11.6 Å². The van der Waals surface area contributed by atoms with Crippen molar-refractivity contribution in [2.45, 2.75) is 19.6 Å². The molecule has 0 spiro atoms. The largest absolute Gasteiger partial charge is 0.497 e. The van der Waals surface area contributed by atoms with Crippen LogP contribution < -0.4 is 10.1 Å². The lowest BCUT2D eigenvalue weighted by Crippen LogP contribution is -2.35. The Balaban J connectivity index is 1.84. The molecule has 1 amide bonds. The lowest BCUT2D eigenvalue weighted by atomic mass is 10.2. The number of nitrogens with one attached hydrogen (secondary N) is 1. The predicted molar refractivity (Wildman–Crippen MR) is 89.0 cm³/mol. The van der Waals surface area contributed by atoms with Crippen LogP contribution in [0.1, 0.15) is 22.8 Å². The Hall–Kier alpha value is -2.60. The smallest absolute Gasteiger partial charge is 0.340 e. The topological polar surface area (TPSA) is 77.5 Å². The van der Waals surface area contributed by atoms with Crippen molar-refractivity contribution in [3.05, 3.63) is 58.9 Å². The second kappa shape index (κ2) is 8.31. The number of aromatic nitrogens is 1. The van der Waals surface area contributed by atoms with E-state index in [1.165, 1.54) is 25.3 Å². The van der Waals surface area contributed by atoms with Gasteiger partial charge in [-0.05, 0) is 36.8 Å². The molecular weight excluding hydrogens is 332 g/mol. The van der Waals surface area contributed by atoms with E-state index in [-0.39, 0.29) is 16.6 Å². The van der Waals surface area contributed by atoms with Crippen molar-refractivity contribution >= 4 is 23.5 Å². The van der Waals surface area contributed by atoms with Gasteiger partial charge in [0.15, 0.2) is 6.10 Å². The maximum atomic E-state index is 12.0. The van der Waals surface area contributed by atoms with Crippen LogP contribution in [0.15, 0.2) is 42.6 Å².